The summed E-state index contributed by atoms with van der Waals surface area (Å²) >= 11 is 0. The van der Waals surface area contributed by atoms with Crippen molar-refractivity contribution in [1.29, 1.82) is 0 Å². The lowest BCUT2D eigenvalue weighted by atomic mass is 9.62. The zero-order chi connectivity index (χ0) is 13.3. The summed E-state index contributed by atoms with van der Waals surface area (Å²) < 4.78 is 0. The fourth-order valence-electron chi connectivity index (χ4n) is 3.55. The fraction of sp³-hybridized carbons (Fsp3) is 0.625. The Morgan fingerprint density at radius 3 is 2.39 bits per heavy atom. The summed E-state index contributed by atoms with van der Waals surface area (Å²) in [5, 5.41) is 20.5. The molecule has 2 nitrogen and oxygen atoms in total. The number of rotatable bonds is 2. The Kier molecular flexibility index (Phi) is 3.67. The first-order valence-electron chi connectivity index (χ1n) is 7.01. The molecular weight excluding hydrogens is 224 g/mol. The van der Waals surface area contributed by atoms with E-state index in [0.717, 1.165) is 24.8 Å². The molecule has 1 saturated carbocycles. The van der Waals surface area contributed by atoms with Crippen molar-refractivity contribution in [3.05, 3.63) is 29.8 Å². The molecule has 1 aliphatic rings. The SMILES string of the molecule is CCC1C(C)C(C)CCC1(O)c1ccc(O)cc1. The van der Waals surface area contributed by atoms with E-state index in [0.29, 0.717) is 17.8 Å². The van der Waals surface area contributed by atoms with Crippen LogP contribution < -0.4 is 0 Å². The molecule has 100 valence electrons. The monoisotopic (exact) mass is 248 g/mol. The van der Waals surface area contributed by atoms with Gasteiger partial charge in [-0.25, -0.2) is 0 Å². The van der Waals surface area contributed by atoms with Crippen molar-refractivity contribution in [3.63, 3.8) is 0 Å². The first-order valence-corrected chi connectivity index (χ1v) is 7.01. The quantitative estimate of drug-likeness (QED) is 0.838. The minimum atomic E-state index is -0.728. The molecule has 0 aromatic heterocycles. The summed E-state index contributed by atoms with van der Waals surface area (Å²) in [6.07, 6.45) is 2.87. The van der Waals surface area contributed by atoms with Crippen LogP contribution in [-0.4, -0.2) is 10.2 Å². The Morgan fingerprint density at radius 2 is 1.83 bits per heavy atom. The molecule has 2 N–H and O–H groups in total. The van der Waals surface area contributed by atoms with Gasteiger partial charge in [0.15, 0.2) is 0 Å². The van der Waals surface area contributed by atoms with Crippen molar-refractivity contribution in [2.75, 3.05) is 0 Å². The van der Waals surface area contributed by atoms with Crippen LogP contribution in [-0.2, 0) is 5.60 Å². The van der Waals surface area contributed by atoms with Crippen LogP contribution in [0.5, 0.6) is 5.75 Å². The average molecular weight is 248 g/mol. The van der Waals surface area contributed by atoms with Gasteiger partial charge in [0.05, 0.1) is 5.60 Å². The zero-order valence-corrected chi connectivity index (χ0v) is 11.6. The molecule has 0 bridgehead atoms. The average Bonchev–Trinajstić information content (AvgIpc) is 2.36. The smallest absolute Gasteiger partial charge is 0.115 e. The normalized spacial score (nSPS) is 36.6. The summed E-state index contributed by atoms with van der Waals surface area (Å²) in [7, 11) is 0. The minimum absolute atomic E-state index is 0.257. The summed E-state index contributed by atoms with van der Waals surface area (Å²) in [6.45, 7) is 6.69. The predicted octanol–water partition coefficient (Wildman–Crippen LogP) is 3.67. The fourth-order valence-corrected chi connectivity index (χ4v) is 3.55. The van der Waals surface area contributed by atoms with E-state index < -0.39 is 5.60 Å². The van der Waals surface area contributed by atoms with Crippen LogP contribution in [0.4, 0.5) is 0 Å². The minimum Gasteiger partial charge on any atom is -0.508 e. The molecule has 4 atom stereocenters. The van der Waals surface area contributed by atoms with Crippen LogP contribution >= 0.6 is 0 Å². The van der Waals surface area contributed by atoms with Crippen LogP contribution in [0.15, 0.2) is 24.3 Å². The number of aliphatic hydroxyl groups is 1. The molecule has 1 aliphatic carbocycles. The van der Waals surface area contributed by atoms with Crippen LogP contribution in [0.25, 0.3) is 0 Å². The number of aromatic hydroxyl groups is 1. The molecule has 1 aromatic rings. The maximum Gasteiger partial charge on any atom is 0.115 e. The third-order valence-corrected chi connectivity index (χ3v) is 4.93. The van der Waals surface area contributed by atoms with Crippen molar-refractivity contribution in [3.8, 4) is 5.75 Å². The third-order valence-electron chi connectivity index (χ3n) is 4.93. The topological polar surface area (TPSA) is 40.5 Å². The molecule has 0 radical (unpaired) electrons. The molecule has 1 fully saturated rings. The maximum absolute atomic E-state index is 11.1. The Balaban J connectivity index is 2.36. The lowest BCUT2D eigenvalue weighted by Crippen LogP contribution is -2.44. The van der Waals surface area contributed by atoms with Crippen LogP contribution in [0.2, 0.25) is 0 Å². The highest BCUT2D eigenvalue weighted by molar-refractivity contribution is 5.31. The highest BCUT2D eigenvalue weighted by Crippen LogP contribution is 2.48. The van der Waals surface area contributed by atoms with Gasteiger partial charge in [-0.05, 0) is 54.7 Å². The second-order valence-electron chi connectivity index (χ2n) is 5.86. The van der Waals surface area contributed by atoms with Gasteiger partial charge >= 0.3 is 0 Å². The van der Waals surface area contributed by atoms with Gasteiger partial charge in [-0.2, -0.15) is 0 Å². The number of hydrogen-bond acceptors (Lipinski definition) is 2. The van der Waals surface area contributed by atoms with Gasteiger partial charge in [0.1, 0.15) is 5.75 Å². The molecule has 0 heterocycles. The van der Waals surface area contributed by atoms with E-state index in [1.165, 1.54) is 0 Å². The molecule has 0 spiro atoms. The molecule has 0 aliphatic heterocycles. The van der Waals surface area contributed by atoms with Crippen LogP contribution in [0.1, 0.15) is 45.6 Å². The summed E-state index contributed by atoms with van der Waals surface area (Å²) in [4.78, 5) is 0. The van der Waals surface area contributed by atoms with Crippen molar-refractivity contribution >= 4 is 0 Å². The number of hydrogen-bond donors (Lipinski definition) is 2. The number of benzene rings is 1. The second kappa shape index (κ2) is 4.93. The highest BCUT2D eigenvalue weighted by Gasteiger charge is 2.45. The van der Waals surface area contributed by atoms with Crippen molar-refractivity contribution in [2.45, 2.75) is 45.6 Å². The number of phenolic OH excluding ortho intramolecular Hbond substituents is 1. The first-order chi connectivity index (χ1) is 8.49. The van der Waals surface area contributed by atoms with Gasteiger partial charge in [0.2, 0.25) is 0 Å². The molecule has 2 heteroatoms. The molecule has 0 amide bonds. The van der Waals surface area contributed by atoms with E-state index >= 15 is 0 Å². The molecule has 4 unspecified atom stereocenters. The van der Waals surface area contributed by atoms with Crippen molar-refractivity contribution in [2.24, 2.45) is 17.8 Å². The van der Waals surface area contributed by atoms with Gasteiger partial charge in [0, 0.05) is 0 Å². The van der Waals surface area contributed by atoms with Gasteiger partial charge in [0.25, 0.3) is 0 Å². The zero-order valence-electron chi connectivity index (χ0n) is 11.6. The largest absolute Gasteiger partial charge is 0.508 e. The maximum atomic E-state index is 11.1. The van der Waals surface area contributed by atoms with E-state index in [-0.39, 0.29) is 5.75 Å². The van der Waals surface area contributed by atoms with Crippen LogP contribution in [0, 0.1) is 17.8 Å². The van der Waals surface area contributed by atoms with Gasteiger partial charge in [-0.15, -0.1) is 0 Å². The standard InChI is InChI=1S/C16H24O2/c1-4-15-12(3)11(2)9-10-16(15,18)13-5-7-14(17)8-6-13/h5-8,11-12,15,17-18H,4,9-10H2,1-3H3. The Bertz CT molecular complexity index is 398. The van der Waals surface area contributed by atoms with E-state index in [1.54, 1.807) is 12.1 Å². The van der Waals surface area contributed by atoms with Gasteiger partial charge < -0.3 is 10.2 Å². The molecule has 0 saturated heterocycles. The Morgan fingerprint density at radius 1 is 1.22 bits per heavy atom. The summed E-state index contributed by atoms with van der Waals surface area (Å²) in [5.74, 6) is 1.76. The van der Waals surface area contributed by atoms with Crippen LogP contribution in [0.3, 0.4) is 0 Å². The highest BCUT2D eigenvalue weighted by atomic mass is 16.3. The first kappa shape index (κ1) is 13.4. The van der Waals surface area contributed by atoms with E-state index in [2.05, 4.69) is 20.8 Å². The summed E-state index contributed by atoms with van der Waals surface area (Å²) in [6, 6.07) is 7.06. The molecule has 2 rings (SSSR count). The van der Waals surface area contributed by atoms with E-state index in [9.17, 15) is 10.2 Å². The van der Waals surface area contributed by atoms with Gasteiger partial charge in [-0.3, -0.25) is 0 Å². The predicted molar refractivity (Wildman–Crippen MR) is 73.3 cm³/mol. The Hall–Kier alpha value is -1.02. The Labute approximate surface area is 110 Å². The van der Waals surface area contributed by atoms with Crippen molar-refractivity contribution in [1.82, 2.24) is 0 Å². The van der Waals surface area contributed by atoms with E-state index in [4.69, 9.17) is 0 Å². The lowest BCUT2D eigenvalue weighted by Gasteiger charge is -2.46. The molecule has 1 aromatic carbocycles. The summed E-state index contributed by atoms with van der Waals surface area (Å²) in [5.41, 5.74) is 0.222. The lowest BCUT2D eigenvalue weighted by molar-refractivity contribution is -0.0940. The molecular formula is C16H24O2. The van der Waals surface area contributed by atoms with Gasteiger partial charge in [-0.1, -0.05) is 32.9 Å². The number of phenols is 1. The van der Waals surface area contributed by atoms with E-state index in [1.807, 2.05) is 12.1 Å². The third kappa shape index (κ3) is 2.14. The van der Waals surface area contributed by atoms with Crippen molar-refractivity contribution < 1.29 is 10.2 Å². The second-order valence-corrected chi connectivity index (χ2v) is 5.86. The molecule has 18 heavy (non-hydrogen) atoms.